The van der Waals surface area contributed by atoms with E-state index in [0.29, 0.717) is 28.6 Å². The zero-order valence-corrected chi connectivity index (χ0v) is 14.6. The van der Waals surface area contributed by atoms with Crippen molar-refractivity contribution in [2.75, 3.05) is 10.6 Å². The molecule has 2 aromatic carbocycles. The maximum absolute atomic E-state index is 13.6. The van der Waals surface area contributed by atoms with E-state index in [9.17, 15) is 9.18 Å². The second-order valence-electron chi connectivity index (χ2n) is 6.22. The van der Waals surface area contributed by atoms with Gasteiger partial charge in [-0.3, -0.25) is 4.98 Å². The first kappa shape index (κ1) is 16.8. The van der Waals surface area contributed by atoms with Crippen molar-refractivity contribution < 1.29 is 8.81 Å². The highest BCUT2D eigenvalue weighted by Crippen LogP contribution is 2.23. The van der Waals surface area contributed by atoms with Gasteiger partial charge in [0.2, 0.25) is 5.95 Å². The van der Waals surface area contributed by atoms with Gasteiger partial charge < -0.3 is 15.1 Å². The van der Waals surface area contributed by atoms with Crippen molar-refractivity contribution in [3.05, 3.63) is 70.1 Å². The molecule has 8 heteroatoms. The molecule has 3 N–H and O–H groups in total. The number of anilines is 4. The van der Waals surface area contributed by atoms with E-state index in [1.165, 1.54) is 12.1 Å². The molecule has 0 aliphatic heterocycles. The highest BCUT2D eigenvalue weighted by atomic mass is 19.1. The van der Waals surface area contributed by atoms with Gasteiger partial charge in [-0.25, -0.2) is 14.2 Å². The molecule has 7 nitrogen and oxygen atoms in total. The van der Waals surface area contributed by atoms with Crippen molar-refractivity contribution in [1.29, 1.82) is 0 Å². The number of oxazole rings is 1. The second kappa shape index (κ2) is 6.56. The third kappa shape index (κ3) is 3.64. The van der Waals surface area contributed by atoms with Gasteiger partial charge >= 0.3 is 5.76 Å². The van der Waals surface area contributed by atoms with Gasteiger partial charge in [-0.05, 0) is 55.8 Å². The van der Waals surface area contributed by atoms with Crippen molar-refractivity contribution >= 4 is 34.2 Å². The number of nitrogens with one attached hydrogen (secondary N) is 3. The first-order valence-corrected chi connectivity index (χ1v) is 8.24. The summed E-state index contributed by atoms with van der Waals surface area (Å²) in [5, 5.41) is 6.20. The predicted octanol–water partition coefficient (Wildman–Crippen LogP) is 4.15. The molecule has 0 saturated carbocycles. The third-order valence-corrected chi connectivity index (χ3v) is 3.95. The molecule has 0 saturated heterocycles. The minimum absolute atomic E-state index is 0.328. The molecule has 0 atom stereocenters. The summed E-state index contributed by atoms with van der Waals surface area (Å²) in [6, 6.07) is 9.87. The van der Waals surface area contributed by atoms with Crippen LogP contribution < -0.4 is 16.4 Å². The van der Waals surface area contributed by atoms with Gasteiger partial charge in [-0.2, -0.15) is 4.98 Å². The summed E-state index contributed by atoms with van der Waals surface area (Å²) in [6.45, 7) is 3.68. The Morgan fingerprint density at radius 1 is 1.07 bits per heavy atom. The molecule has 2 aromatic heterocycles. The van der Waals surface area contributed by atoms with Crippen molar-refractivity contribution in [2.45, 2.75) is 13.8 Å². The van der Waals surface area contributed by atoms with Crippen molar-refractivity contribution in [1.82, 2.24) is 15.0 Å². The van der Waals surface area contributed by atoms with Crippen molar-refractivity contribution in [3.63, 3.8) is 0 Å². The Labute approximate surface area is 153 Å². The maximum Gasteiger partial charge on any atom is 0.417 e. The standard InChI is InChI=1S/C19H16FN5O2/c1-10-5-12(20)7-14(6-10)23-18-21-9-11(2)17(25-18)22-13-3-4-16-15(8-13)24-19(26)27-16/h3-9H,1-2H3,(H,24,26)(H2,21,22,23,25). The van der Waals surface area contributed by atoms with Gasteiger partial charge in [0.1, 0.15) is 11.6 Å². The van der Waals surface area contributed by atoms with Gasteiger partial charge in [0.05, 0.1) is 5.52 Å². The summed E-state index contributed by atoms with van der Waals surface area (Å²) in [5.41, 5.74) is 4.00. The number of hydrogen-bond donors (Lipinski definition) is 3. The third-order valence-electron chi connectivity index (χ3n) is 3.95. The molecule has 4 rings (SSSR count). The van der Waals surface area contributed by atoms with Crippen LogP contribution in [-0.2, 0) is 0 Å². The van der Waals surface area contributed by atoms with E-state index in [-0.39, 0.29) is 5.82 Å². The van der Waals surface area contributed by atoms with E-state index < -0.39 is 5.76 Å². The normalized spacial score (nSPS) is 10.9. The van der Waals surface area contributed by atoms with E-state index in [2.05, 4.69) is 25.6 Å². The predicted molar refractivity (Wildman–Crippen MR) is 101 cm³/mol. The quantitative estimate of drug-likeness (QED) is 0.503. The van der Waals surface area contributed by atoms with Crippen LogP contribution in [-0.4, -0.2) is 15.0 Å². The van der Waals surface area contributed by atoms with Crippen LogP contribution in [0.2, 0.25) is 0 Å². The first-order chi connectivity index (χ1) is 13.0. The van der Waals surface area contributed by atoms with Gasteiger partial charge in [0.25, 0.3) is 0 Å². The van der Waals surface area contributed by atoms with Crippen LogP contribution >= 0.6 is 0 Å². The van der Waals surface area contributed by atoms with Crippen molar-refractivity contribution in [2.24, 2.45) is 0 Å². The molecule has 0 aliphatic carbocycles. The number of benzene rings is 2. The van der Waals surface area contributed by atoms with E-state index in [0.717, 1.165) is 16.8 Å². The van der Waals surface area contributed by atoms with Gasteiger partial charge in [0.15, 0.2) is 5.58 Å². The molecule has 0 bridgehead atoms. The number of nitrogens with zero attached hydrogens (tertiary/aromatic N) is 2. The zero-order chi connectivity index (χ0) is 19.0. The van der Waals surface area contributed by atoms with Crippen molar-refractivity contribution in [3.8, 4) is 0 Å². The van der Waals surface area contributed by atoms with E-state index >= 15 is 0 Å². The first-order valence-electron chi connectivity index (χ1n) is 8.24. The summed E-state index contributed by atoms with van der Waals surface area (Å²) in [4.78, 5) is 22.6. The molecular formula is C19H16FN5O2. The number of aromatic nitrogens is 3. The minimum atomic E-state index is -0.503. The molecule has 0 fully saturated rings. The molecule has 136 valence electrons. The Hall–Kier alpha value is -3.68. The molecule has 4 aromatic rings. The average Bonchev–Trinajstić information content (AvgIpc) is 2.96. The lowest BCUT2D eigenvalue weighted by Crippen LogP contribution is -2.03. The zero-order valence-electron chi connectivity index (χ0n) is 14.6. The summed E-state index contributed by atoms with van der Waals surface area (Å²) in [6.07, 6.45) is 1.67. The topological polar surface area (TPSA) is 95.8 Å². The molecule has 0 amide bonds. The monoisotopic (exact) mass is 365 g/mol. The Kier molecular flexibility index (Phi) is 4.08. The highest BCUT2D eigenvalue weighted by molar-refractivity contribution is 5.78. The Morgan fingerprint density at radius 2 is 1.93 bits per heavy atom. The number of hydrogen-bond acceptors (Lipinski definition) is 6. The molecule has 0 spiro atoms. The summed E-state index contributed by atoms with van der Waals surface area (Å²) >= 11 is 0. The number of rotatable bonds is 4. The van der Waals surface area contributed by atoms with Crippen LogP contribution in [0.1, 0.15) is 11.1 Å². The lowest BCUT2D eigenvalue weighted by Gasteiger charge is -2.11. The van der Waals surface area contributed by atoms with Crippen LogP contribution in [0, 0.1) is 19.7 Å². The smallest absolute Gasteiger partial charge is 0.408 e. The highest BCUT2D eigenvalue weighted by Gasteiger charge is 2.08. The number of fused-ring (bicyclic) bond motifs is 1. The molecule has 0 unspecified atom stereocenters. The SMILES string of the molecule is Cc1cc(F)cc(Nc2ncc(C)c(Nc3ccc4oc(=O)[nH]c4c3)n2)c1. The number of aryl methyl sites for hydroxylation is 2. The van der Waals surface area contributed by atoms with Crippen LogP contribution in [0.5, 0.6) is 0 Å². The number of H-pyrrole nitrogens is 1. The fourth-order valence-corrected chi connectivity index (χ4v) is 2.73. The Bertz CT molecular complexity index is 1180. The largest absolute Gasteiger partial charge is 0.417 e. The minimum Gasteiger partial charge on any atom is -0.408 e. The van der Waals surface area contributed by atoms with Gasteiger partial charge in [0, 0.05) is 23.1 Å². The van der Waals surface area contributed by atoms with E-state index in [1.807, 2.05) is 19.9 Å². The van der Waals surface area contributed by atoms with Crippen LogP contribution in [0.3, 0.4) is 0 Å². The summed E-state index contributed by atoms with van der Waals surface area (Å²) < 4.78 is 18.6. The van der Waals surface area contributed by atoms with E-state index in [1.54, 1.807) is 24.4 Å². The molecule has 2 heterocycles. The Balaban J connectivity index is 1.62. The molecule has 27 heavy (non-hydrogen) atoms. The molecular weight excluding hydrogens is 349 g/mol. The average molecular weight is 365 g/mol. The summed E-state index contributed by atoms with van der Waals surface area (Å²) in [5.74, 6) is 0.0966. The number of aromatic amines is 1. The lowest BCUT2D eigenvalue weighted by atomic mass is 10.2. The van der Waals surface area contributed by atoms with Gasteiger partial charge in [-0.1, -0.05) is 0 Å². The Morgan fingerprint density at radius 3 is 2.74 bits per heavy atom. The molecule has 0 aliphatic rings. The van der Waals surface area contributed by atoms with Crippen LogP contribution in [0.4, 0.5) is 27.5 Å². The van der Waals surface area contributed by atoms with Crippen LogP contribution in [0.25, 0.3) is 11.1 Å². The van der Waals surface area contributed by atoms with E-state index in [4.69, 9.17) is 4.42 Å². The molecule has 0 radical (unpaired) electrons. The maximum atomic E-state index is 13.6. The fourth-order valence-electron chi connectivity index (χ4n) is 2.73. The number of halogens is 1. The summed E-state index contributed by atoms with van der Waals surface area (Å²) in [7, 11) is 0. The van der Waals surface area contributed by atoms with Gasteiger partial charge in [-0.15, -0.1) is 0 Å². The second-order valence-corrected chi connectivity index (χ2v) is 6.22. The fraction of sp³-hybridized carbons (Fsp3) is 0.105. The van der Waals surface area contributed by atoms with Crippen LogP contribution in [0.15, 0.2) is 51.8 Å². The lowest BCUT2D eigenvalue weighted by molar-refractivity contribution is 0.555.